The molecule has 0 aliphatic heterocycles. The van der Waals surface area contributed by atoms with Crippen LogP contribution < -0.4 is 5.73 Å². The summed E-state index contributed by atoms with van der Waals surface area (Å²) in [6, 6.07) is 0. The van der Waals surface area contributed by atoms with Gasteiger partial charge in [-0.15, -0.1) is 0 Å². The minimum absolute atomic E-state index is 0.108. The van der Waals surface area contributed by atoms with Crippen molar-refractivity contribution in [3.8, 4) is 0 Å². The van der Waals surface area contributed by atoms with Crippen LogP contribution in [-0.2, 0) is 11.3 Å². The lowest BCUT2D eigenvalue weighted by Crippen LogP contribution is -2.53. The summed E-state index contributed by atoms with van der Waals surface area (Å²) in [4.78, 5) is 15.2. The molecule has 1 aliphatic carbocycles. The monoisotopic (exact) mass is 209 g/mol. The number of aryl methyl sites for hydroxylation is 1. The van der Waals surface area contributed by atoms with E-state index in [9.17, 15) is 9.90 Å². The molecule has 1 atom stereocenters. The molecule has 0 amide bonds. The minimum atomic E-state index is -1.13. The van der Waals surface area contributed by atoms with Crippen molar-refractivity contribution < 1.29 is 9.90 Å². The zero-order valence-electron chi connectivity index (χ0n) is 8.68. The number of nitrogens with zero attached hydrogens (tertiary/aromatic N) is 2. The number of nitrogens with two attached hydrogens (primary N) is 1. The Kier molecular flexibility index (Phi) is 2.26. The van der Waals surface area contributed by atoms with Crippen molar-refractivity contribution in [3.63, 3.8) is 0 Å². The lowest BCUT2D eigenvalue weighted by Gasteiger charge is -2.25. The average molecular weight is 209 g/mol. The highest BCUT2D eigenvalue weighted by atomic mass is 16.4. The molecule has 1 fully saturated rings. The topological polar surface area (TPSA) is 81.1 Å². The first-order chi connectivity index (χ1) is 7.04. The second kappa shape index (κ2) is 3.34. The Bertz CT molecular complexity index is 384. The van der Waals surface area contributed by atoms with Gasteiger partial charge in [-0.2, -0.15) is 0 Å². The van der Waals surface area contributed by atoms with E-state index in [4.69, 9.17) is 5.73 Å². The number of aliphatic carboxylic acids is 1. The van der Waals surface area contributed by atoms with E-state index >= 15 is 0 Å². The predicted octanol–water partition coefficient (Wildman–Crippen LogP) is 0.384. The van der Waals surface area contributed by atoms with Crippen molar-refractivity contribution >= 4 is 5.97 Å². The minimum Gasteiger partial charge on any atom is -0.480 e. The van der Waals surface area contributed by atoms with Crippen LogP contribution in [0, 0.1) is 12.8 Å². The lowest BCUT2D eigenvalue weighted by atomic mass is 9.94. The van der Waals surface area contributed by atoms with Crippen LogP contribution in [0.25, 0.3) is 0 Å². The fraction of sp³-hybridized carbons (Fsp3) is 0.600. The molecule has 1 aromatic rings. The van der Waals surface area contributed by atoms with E-state index in [0.717, 1.165) is 18.7 Å². The fourth-order valence-electron chi connectivity index (χ4n) is 1.82. The van der Waals surface area contributed by atoms with Gasteiger partial charge in [-0.25, -0.2) is 4.98 Å². The summed E-state index contributed by atoms with van der Waals surface area (Å²) in [5.74, 6) is -0.0124. The highest BCUT2D eigenvalue weighted by Crippen LogP contribution is 2.39. The zero-order chi connectivity index (χ0) is 11.1. The van der Waals surface area contributed by atoms with E-state index in [2.05, 4.69) is 4.98 Å². The molecule has 0 bridgehead atoms. The normalized spacial score (nSPS) is 19.9. The maximum Gasteiger partial charge on any atom is 0.325 e. The number of carboxylic acid groups (broad SMARTS) is 1. The number of hydrogen-bond acceptors (Lipinski definition) is 3. The van der Waals surface area contributed by atoms with E-state index in [1.54, 1.807) is 17.0 Å². The third-order valence-electron chi connectivity index (χ3n) is 3.06. The van der Waals surface area contributed by atoms with Gasteiger partial charge in [-0.05, 0) is 25.7 Å². The van der Waals surface area contributed by atoms with Gasteiger partial charge in [-0.3, -0.25) is 4.79 Å². The number of imidazole rings is 1. The summed E-state index contributed by atoms with van der Waals surface area (Å²) >= 11 is 0. The van der Waals surface area contributed by atoms with Crippen molar-refractivity contribution in [2.45, 2.75) is 31.8 Å². The highest BCUT2D eigenvalue weighted by molar-refractivity contribution is 5.79. The van der Waals surface area contributed by atoms with Gasteiger partial charge in [0, 0.05) is 12.4 Å². The summed E-state index contributed by atoms with van der Waals surface area (Å²) in [6.07, 6.45) is 5.25. The molecule has 5 heteroatoms. The number of aromatic nitrogens is 2. The first kappa shape index (κ1) is 10.2. The Hall–Kier alpha value is -1.36. The van der Waals surface area contributed by atoms with Gasteiger partial charge >= 0.3 is 5.97 Å². The van der Waals surface area contributed by atoms with E-state index in [-0.39, 0.29) is 5.92 Å². The molecule has 1 aliphatic rings. The Morgan fingerprint density at radius 2 is 2.47 bits per heavy atom. The van der Waals surface area contributed by atoms with Crippen LogP contribution in [0.3, 0.4) is 0 Å². The molecule has 1 heterocycles. The number of hydrogen-bond donors (Lipinski definition) is 2. The van der Waals surface area contributed by atoms with Gasteiger partial charge in [0.25, 0.3) is 0 Å². The summed E-state index contributed by atoms with van der Waals surface area (Å²) in [7, 11) is 0. The molecule has 1 unspecified atom stereocenters. The van der Waals surface area contributed by atoms with Crippen LogP contribution in [0.15, 0.2) is 12.4 Å². The molecule has 15 heavy (non-hydrogen) atoms. The van der Waals surface area contributed by atoms with E-state index < -0.39 is 11.5 Å². The fourth-order valence-corrected chi connectivity index (χ4v) is 1.82. The predicted molar refractivity (Wildman–Crippen MR) is 54.2 cm³/mol. The third-order valence-corrected chi connectivity index (χ3v) is 3.06. The first-order valence-electron chi connectivity index (χ1n) is 5.04. The molecule has 5 nitrogen and oxygen atoms in total. The van der Waals surface area contributed by atoms with E-state index in [1.807, 2.05) is 6.92 Å². The number of rotatable bonds is 4. The second-order valence-electron chi connectivity index (χ2n) is 4.22. The van der Waals surface area contributed by atoms with Crippen LogP contribution >= 0.6 is 0 Å². The lowest BCUT2D eigenvalue weighted by molar-refractivity contribution is -0.144. The van der Waals surface area contributed by atoms with Gasteiger partial charge in [0.2, 0.25) is 0 Å². The van der Waals surface area contributed by atoms with Gasteiger partial charge < -0.3 is 15.4 Å². The van der Waals surface area contributed by atoms with Gasteiger partial charge in [0.05, 0.1) is 6.54 Å². The molecule has 2 rings (SSSR count). The third kappa shape index (κ3) is 1.74. The highest BCUT2D eigenvalue weighted by Gasteiger charge is 2.48. The molecule has 0 aromatic carbocycles. The molecule has 1 saturated carbocycles. The molecular formula is C10H15N3O2. The van der Waals surface area contributed by atoms with Gasteiger partial charge in [0.15, 0.2) is 0 Å². The Labute approximate surface area is 87.9 Å². The van der Waals surface area contributed by atoms with Crippen LogP contribution in [0.4, 0.5) is 0 Å². The first-order valence-corrected chi connectivity index (χ1v) is 5.04. The Balaban J connectivity index is 2.21. The van der Waals surface area contributed by atoms with Crippen molar-refractivity contribution in [1.29, 1.82) is 0 Å². The molecule has 1 aromatic heterocycles. The Morgan fingerprint density at radius 1 is 1.80 bits per heavy atom. The summed E-state index contributed by atoms with van der Waals surface area (Å²) in [6.45, 7) is 2.15. The smallest absolute Gasteiger partial charge is 0.325 e. The standard InChI is InChI=1S/C10H15N3O2/c1-7-12-4-5-13(7)6-10(11,9(14)15)8-2-3-8/h4-5,8H,2-3,6,11H2,1H3,(H,14,15). The molecule has 0 spiro atoms. The molecule has 0 saturated heterocycles. The number of carbonyl (C=O) groups is 1. The molecule has 82 valence electrons. The molecule has 3 N–H and O–H groups in total. The number of carboxylic acids is 1. The van der Waals surface area contributed by atoms with Crippen molar-refractivity contribution in [1.82, 2.24) is 9.55 Å². The van der Waals surface area contributed by atoms with E-state index in [0.29, 0.717) is 6.54 Å². The maximum absolute atomic E-state index is 11.2. The van der Waals surface area contributed by atoms with Crippen LogP contribution in [0.1, 0.15) is 18.7 Å². The largest absolute Gasteiger partial charge is 0.480 e. The SMILES string of the molecule is Cc1nccn1CC(N)(C(=O)O)C1CC1. The zero-order valence-corrected chi connectivity index (χ0v) is 8.68. The molecular weight excluding hydrogens is 194 g/mol. The summed E-state index contributed by atoms with van der Waals surface area (Å²) in [5, 5.41) is 9.17. The molecule has 0 radical (unpaired) electrons. The summed E-state index contributed by atoms with van der Waals surface area (Å²) in [5.41, 5.74) is 4.82. The van der Waals surface area contributed by atoms with Gasteiger partial charge in [0.1, 0.15) is 11.4 Å². The van der Waals surface area contributed by atoms with Crippen LogP contribution in [-0.4, -0.2) is 26.2 Å². The van der Waals surface area contributed by atoms with Crippen molar-refractivity contribution in [2.24, 2.45) is 11.7 Å². The van der Waals surface area contributed by atoms with Crippen molar-refractivity contribution in [3.05, 3.63) is 18.2 Å². The summed E-state index contributed by atoms with van der Waals surface area (Å²) < 4.78 is 1.80. The van der Waals surface area contributed by atoms with Crippen LogP contribution in [0.5, 0.6) is 0 Å². The Morgan fingerprint density at radius 3 is 2.87 bits per heavy atom. The van der Waals surface area contributed by atoms with Gasteiger partial charge in [-0.1, -0.05) is 0 Å². The van der Waals surface area contributed by atoms with E-state index in [1.165, 1.54) is 0 Å². The second-order valence-corrected chi connectivity index (χ2v) is 4.22. The quantitative estimate of drug-likeness (QED) is 0.751. The average Bonchev–Trinajstić information content (AvgIpc) is 2.94. The van der Waals surface area contributed by atoms with Crippen LogP contribution in [0.2, 0.25) is 0 Å². The maximum atomic E-state index is 11.2. The van der Waals surface area contributed by atoms with Crippen molar-refractivity contribution in [2.75, 3.05) is 0 Å².